The number of anilines is 2. The molecule has 0 bridgehead atoms. The van der Waals surface area contributed by atoms with Crippen LogP contribution in [0.25, 0.3) is 10.9 Å². The van der Waals surface area contributed by atoms with Gasteiger partial charge in [0.1, 0.15) is 16.5 Å². The van der Waals surface area contributed by atoms with Gasteiger partial charge < -0.3 is 15.5 Å². The fourth-order valence-corrected chi connectivity index (χ4v) is 3.67. The number of hydrogen-bond donors (Lipinski definition) is 3. The number of aromatic amines is 1. The maximum Gasteiger partial charge on any atom is 0.340 e. The Labute approximate surface area is 146 Å². The first-order valence-electron chi connectivity index (χ1n) is 7.19. The van der Waals surface area contributed by atoms with Crippen LogP contribution in [0.2, 0.25) is 0 Å². The van der Waals surface area contributed by atoms with Crippen LogP contribution in [0.5, 0.6) is 0 Å². The molecule has 4 N–H and O–H groups in total. The topological polar surface area (TPSA) is 114 Å². The van der Waals surface area contributed by atoms with Gasteiger partial charge in [0.25, 0.3) is 10.0 Å². The number of nitrogen functional groups attached to an aromatic ring is 1. The van der Waals surface area contributed by atoms with Crippen molar-refractivity contribution >= 4 is 38.3 Å². The molecule has 2 aromatic carbocycles. The van der Waals surface area contributed by atoms with Crippen molar-refractivity contribution in [3.05, 3.63) is 53.7 Å². The lowest BCUT2D eigenvalue weighted by Gasteiger charge is -2.10. The first-order chi connectivity index (χ1) is 12.2. The molecule has 0 fully saturated rings. The van der Waals surface area contributed by atoms with E-state index in [4.69, 9.17) is 5.73 Å². The number of nitrogens with one attached hydrogen (secondary N) is 2. The monoisotopic (exact) mass is 381 g/mol. The summed E-state index contributed by atoms with van der Waals surface area (Å²) < 4.78 is 59.5. The molecule has 7 nitrogen and oxygen atoms in total. The van der Waals surface area contributed by atoms with E-state index in [0.717, 1.165) is 7.11 Å². The zero-order valence-electron chi connectivity index (χ0n) is 13.3. The number of hydrogen-bond acceptors (Lipinski definition) is 5. The summed E-state index contributed by atoms with van der Waals surface area (Å²) in [5.41, 5.74) is 5.26. The normalized spacial score (nSPS) is 11.5. The minimum Gasteiger partial charge on any atom is -0.465 e. The van der Waals surface area contributed by atoms with Gasteiger partial charge in [-0.15, -0.1) is 0 Å². The highest BCUT2D eigenvalue weighted by molar-refractivity contribution is 7.93. The zero-order valence-corrected chi connectivity index (χ0v) is 14.2. The van der Waals surface area contributed by atoms with Crippen LogP contribution in [0.3, 0.4) is 0 Å². The summed E-state index contributed by atoms with van der Waals surface area (Å²) in [6.45, 7) is 0. The number of fused-ring (bicyclic) bond motifs is 1. The molecular weight excluding hydrogens is 368 g/mol. The number of nitrogens with two attached hydrogens (primary N) is 1. The van der Waals surface area contributed by atoms with E-state index in [1.165, 1.54) is 18.3 Å². The van der Waals surface area contributed by atoms with Crippen molar-refractivity contribution in [1.29, 1.82) is 0 Å². The van der Waals surface area contributed by atoms with Crippen LogP contribution in [0.4, 0.5) is 20.2 Å². The quantitative estimate of drug-likeness (QED) is 0.475. The van der Waals surface area contributed by atoms with E-state index in [0.29, 0.717) is 28.7 Å². The highest BCUT2D eigenvalue weighted by Gasteiger charge is 2.23. The van der Waals surface area contributed by atoms with Gasteiger partial charge in [0.15, 0.2) is 0 Å². The predicted octanol–water partition coefficient (Wildman–Crippen LogP) is 2.62. The average molecular weight is 381 g/mol. The molecular formula is C16H13F2N3O4S. The summed E-state index contributed by atoms with van der Waals surface area (Å²) in [6.07, 6.45) is 1.21. The summed E-state index contributed by atoms with van der Waals surface area (Å²) in [5.74, 6) is -3.33. The third-order valence-corrected chi connectivity index (χ3v) is 5.07. The molecule has 0 aliphatic heterocycles. The minimum absolute atomic E-state index is 0.163. The molecule has 0 unspecified atom stereocenters. The molecule has 3 aromatic rings. The lowest BCUT2D eigenvalue weighted by atomic mass is 10.2. The fourth-order valence-electron chi connectivity index (χ4n) is 2.43. The minimum atomic E-state index is -4.23. The third-order valence-electron chi connectivity index (χ3n) is 3.66. The van der Waals surface area contributed by atoms with Crippen molar-refractivity contribution in [2.45, 2.75) is 4.90 Å². The Hall–Kier alpha value is -3.14. The van der Waals surface area contributed by atoms with Gasteiger partial charge in [-0.1, -0.05) is 0 Å². The Morgan fingerprint density at radius 3 is 2.62 bits per heavy atom. The Kier molecular flexibility index (Phi) is 4.28. The predicted molar refractivity (Wildman–Crippen MR) is 91.2 cm³/mol. The molecule has 0 saturated heterocycles. The standard InChI is InChI=1S/C16H13F2N3O4S/c1-25-16(22)10-5-12(18)14(6-11(10)17)21-26(23,24)15-7-20-13-4-8(19)2-3-9(13)15/h2-7,20-21H,19H2,1H3. The number of esters is 1. The number of ether oxygens (including phenoxy) is 1. The highest BCUT2D eigenvalue weighted by Crippen LogP contribution is 2.28. The Morgan fingerprint density at radius 2 is 1.92 bits per heavy atom. The van der Waals surface area contributed by atoms with Crippen molar-refractivity contribution in [3.8, 4) is 0 Å². The zero-order chi connectivity index (χ0) is 19.1. The summed E-state index contributed by atoms with van der Waals surface area (Å²) in [6, 6.07) is 5.69. The van der Waals surface area contributed by atoms with Gasteiger partial charge >= 0.3 is 5.97 Å². The van der Waals surface area contributed by atoms with Gasteiger partial charge in [0.05, 0.1) is 18.4 Å². The molecule has 3 rings (SSSR count). The fraction of sp³-hybridized carbons (Fsp3) is 0.0625. The van der Waals surface area contributed by atoms with Crippen LogP contribution in [0.15, 0.2) is 41.4 Å². The largest absolute Gasteiger partial charge is 0.465 e. The average Bonchev–Trinajstić information content (AvgIpc) is 3.00. The number of halogens is 2. The van der Waals surface area contributed by atoms with E-state index in [1.807, 2.05) is 4.72 Å². The molecule has 26 heavy (non-hydrogen) atoms. The van der Waals surface area contributed by atoms with Gasteiger partial charge in [0.2, 0.25) is 0 Å². The summed E-state index contributed by atoms with van der Waals surface area (Å²) in [4.78, 5) is 13.9. The molecule has 1 aromatic heterocycles. The number of sulfonamides is 1. The number of rotatable bonds is 4. The van der Waals surface area contributed by atoms with E-state index in [2.05, 4.69) is 9.72 Å². The van der Waals surface area contributed by atoms with E-state index >= 15 is 0 Å². The van der Waals surface area contributed by atoms with Crippen molar-refractivity contribution in [1.82, 2.24) is 4.98 Å². The first kappa shape index (κ1) is 17.7. The van der Waals surface area contributed by atoms with Crippen molar-refractivity contribution in [2.75, 3.05) is 17.6 Å². The smallest absolute Gasteiger partial charge is 0.340 e. The SMILES string of the molecule is COC(=O)c1cc(F)c(NS(=O)(=O)c2c[nH]c3cc(N)ccc23)cc1F. The van der Waals surface area contributed by atoms with Crippen LogP contribution in [0, 0.1) is 11.6 Å². The lowest BCUT2D eigenvalue weighted by Crippen LogP contribution is -2.15. The molecule has 1 heterocycles. The molecule has 0 amide bonds. The van der Waals surface area contributed by atoms with E-state index < -0.39 is 38.9 Å². The second kappa shape index (κ2) is 6.30. The molecule has 0 aliphatic rings. The van der Waals surface area contributed by atoms with E-state index in [9.17, 15) is 22.0 Å². The second-order valence-electron chi connectivity index (χ2n) is 5.37. The van der Waals surface area contributed by atoms with Crippen LogP contribution in [0.1, 0.15) is 10.4 Å². The van der Waals surface area contributed by atoms with Gasteiger partial charge in [-0.2, -0.15) is 0 Å². The van der Waals surface area contributed by atoms with E-state index in [1.54, 1.807) is 6.07 Å². The number of H-pyrrole nitrogens is 1. The van der Waals surface area contributed by atoms with Gasteiger partial charge in [0, 0.05) is 28.9 Å². The van der Waals surface area contributed by atoms with Gasteiger partial charge in [-0.05, 0) is 24.3 Å². The van der Waals surface area contributed by atoms with Gasteiger partial charge in [-0.25, -0.2) is 22.0 Å². The second-order valence-corrected chi connectivity index (χ2v) is 7.02. The number of benzene rings is 2. The Balaban J connectivity index is 2.02. The molecule has 136 valence electrons. The molecule has 0 aliphatic carbocycles. The molecule has 0 spiro atoms. The van der Waals surface area contributed by atoms with Crippen molar-refractivity contribution < 1.29 is 26.7 Å². The number of aromatic nitrogens is 1. The highest BCUT2D eigenvalue weighted by atomic mass is 32.2. The van der Waals surface area contributed by atoms with Crippen LogP contribution in [-0.2, 0) is 14.8 Å². The van der Waals surface area contributed by atoms with Crippen molar-refractivity contribution in [2.24, 2.45) is 0 Å². The van der Waals surface area contributed by atoms with Crippen molar-refractivity contribution in [3.63, 3.8) is 0 Å². The molecule has 0 saturated carbocycles. The molecule has 0 radical (unpaired) electrons. The summed E-state index contributed by atoms with van der Waals surface area (Å²) in [7, 11) is -3.22. The van der Waals surface area contributed by atoms with Crippen LogP contribution < -0.4 is 10.5 Å². The Morgan fingerprint density at radius 1 is 1.19 bits per heavy atom. The maximum atomic E-state index is 14.1. The molecule has 10 heteroatoms. The third kappa shape index (κ3) is 3.06. The van der Waals surface area contributed by atoms with E-state index in [-0.39, 0.29) is 4.90 Å². The molecule has 0 atom stereocenters. The number of carbonyl (C=O) groups excluding carboxylic acids is 1. The first-order valence-corrected chi connectivity index (χ1v) is 8.68. The number of methoxy groups -OCH3 is 1. The Bertz CT molecular complexity index is 1130. The summed E-state index contributed by atoms with van der Waals surface area (Å²) >= 11 is 0. The number of carbonyl (C=O) groups is 1. The van der Waals surface area contributed by atoms with Crippen LogP contribution in [-0.4, -0.2) is 26.5 Å². The van der Waals surface area contributed by atoms with Gasteiger partial charge in [-0.3, -0.25) is 4.72 Å². The maximum absolute atomic E-state index is 14.1. The van der Waals surface area contributed by atoms with Crippen LogP contribution >= 0.6 is 0 Å². The lowest BCUT2D eigenvalue weighted by molar-refractivity contribution is 0.0595. The summed E-state index contributed by atoms with van der Waals surface area (Å²) in [5, 5.41) is 0.332.